The summed E-state index contributed by atoms with van der Waals surface area (Å²) in [4.78, 5) is 8.89. The fourth-order valence-corrected chi connectivity index (χ4v) is 1.93. The van der Waals surface area contributed by atoms with E-state index in [1.54, 1.807) is 7.11 Å². The number of rotatable bonds is 9. The lowest BCUT2D eigenvalue weighted by atomic mass is 10.2. The molecule has 1 aromatic heterocycles. The lowest BCUT2D eigenvalue weighted by Gasteiger charge is -2.20. The Morgan fingerprint density at radius 3 is 2.60 bits per heavy atom. The number of aliphatic hydroxyl groups is 1. The van der Waals surface area contributed by atoms with Gasteiger partial charge in [0, 0.05) is 25.7 Å². The first-order valence-electron chi connectivity index (χ1n) is 6.86. The van der Waals surface area contributed by atoms with E-state index in [9.17, 15) is 0 Å². The van der Waals surface area contributed by atoms with Crippen molar-refractivity contribution in [2.45, 2.75) is 39.2 Å². The van der Waals surface area contributed by atoms with E-state index in [4.69, 9.17) is 15.7 Å². The summed E-state index contributed by atoms with van der Waals surface area (Å²) in [5.74, 6) is 7.59. The molecule has 0 aliphatic rings. The van der Waals surface area contributed by atoms with Crippen molar-refractivity contribution in [3.05, 3.63) is 11.4 Å². The van der Waals surface area contributed by atoms with Crippen LogP contribution in [0.2, 0.25) is 0 Å². The third kappa shape index (κ3) is 4.59. The summed E-state index contributed by atoms with van der Waals surface area (Å²) >= 11 is 0. The van der Waals surface area contributed by atoms with E-state index in [2.05, 4.69) is 27.6 Å². The van der Waals surface area contributed by atoms with Crippen LogP contribution in [0.25, 0.3) is 0 Å². The van der Waals surface area contributed by atoms with E-state index < -0.39 is 0 Å². The number of methoxy groups -OCH3 is 1. The zero-order chi connectivity index (χ0) is 15.0. The predicted octanol–water partition coefficient (Wildman–Crippen LogP) is 0.832. The summed E-state index contributed by atoms with van der Waals surface area (Å²) in [5, 5.41) is 12.4. The molecule has 0 fully saturated rings. The summed E-state index contributed by atoms with van der Waals surface area (Å²) in [7, 11) is 1.63. The monoisotopic (exact) mass is 283 g/mol. The Hall–Kier alpha value is -1.44. The maximum Gasteiger partial charge on any atom is 0.148 e. The average Bonchev–Trinajstić information content (AvgIpc) is 2.43. The van der Waals surface area contributed by atoms with Crippen LogP contribution in [-0.2, 0) is 11.2 Å². The number of hydrogen-bond donors (Lipinski definition) is 4. The molecule has 0 bridgehead atoms. The van der Waals surface area contributed by atoms with Gasteiger partial charge in [0.2, 0.25) is 0 Å². The second-order valence-electron chi connectivity index (χ2n) is 4.67. The number of anilines is 2. The number of nitrogens with one attached hydrogen (secondary N) is 2. The third-order valence-corrected chi connectivity index (χ3v) is 2.99. The molecule has 5 N–H and O–H groups in total. The van der Waals surface area contributed by atoms with Crippen LogP contribution in [0.4, 0.5) is 11.6 Å². The van der Waals surface area contributed by atoms with Gasteiger partial charge in [0.1, 0.15) is 17.5 Å². The molecular formula is C13H25N5O2. The standard InChI is InChI=1S/C13H25N5O2/c1-4-5-11-16-12(9(2)13(17-11)18-14)15-10(6-7-19)8-20-3/h10,19H,4-8,14H2,1-3H3,(H2,15,16,17,18). The Morgan fingerprint density at radius 1 is 1.35 bits per heavy atom. The van der Waals surface area contributed by atoms with Crippen molar-refractivity contribution in [2.24, 2.45) is 5.84 Å². The molecule has 1 heterocycles. The van der Waals surface area contributed by atoms with E-state index in [1.165, 1.54) is 0 Å². The van der Waals surface area contributed by atoms with Crippen LogP contribution >= 0.6 is 0 Å². The number of nitrogen functional groups attached to an aromatic ring is 1. The molecule has 7 nitrogen and oxygen atoms in total. The number of aryl methyl sites for hydroxylation is 1. The van der Waals surface area contributed by atoms with Gasteiger partial charge in [-0.15, -0.1) is 0 Å². The topological polar surface area (TPSA) is 105 Å². The van der Waals surface area contributed by atoms with Gasteiger partial charge in [0.15, 0.2) is 0 Å². The highest BCUT2D eigenvalue weighted by atomic mass is 16.5. The van der Waals surface area contributed by atoms with Crippen molar-refractivity contribution >= 4 is 11.6 Å². The van der Waals surface area contributed by atoms with Crippen LogP contribution < -0.4 is 16.6 Å². The van der Waals surface area contributed by atoms with Crippen molar-refractivity contribution in [1.29, 1.82) is 0 Å². The first-order valence-corrected chi connectivity index (χ1v) is 6.86. The van der Waals surface area contributed by atoms with Crippen molar-refractivity contribution in [3.63, 3.8) is 0 Å². The molecule has 0 aliphatic heterocycles. The summed E-state index contributed by atoms with van der Waals surface area (Å²) in [5.41, 5.74) is 3.45. The van der Waals surface area contributed by atoms with Crippen molar-refractivity contribution in [2.75, 3.05) is 31.1 Å². The van der Waals surface area contributed by atoms with Crippen LogP contribution in [0.5, 0.6) is 0 Å². The lowest BCUT2D eigenvalue weighted by Crippen LogP contribution is -2.28. The molecule has 0 spiro atoms. The molecule has 0 radical (unpaired) electrons. The number of aromatic nitrogens is 2. The zero-order valence-electron chi connectivity index (χ0n) is 12.4. The number of nitrogens with zero attached hydrogens (tertiary/aromatic N) is 2. The second kappa shape index (κ2) is 8.68. The maximum absolute atomic E-state index is 9.09. The summed E-state index contributed by atoms with van der Waals surface area (Å²) in [6.45, 7) is 4.56. The second-order valence-corrected chi connectivity index (χ2v) is 4.67. The molecular weight excluding hydrogens is 258 g/mol. The molecule has 1 atom stereocenters. The fourth-order valence-electron chi connectivity index (χ4n) is 1.93. The molecule has 20 heavy (non-hydrogen) atoms. The van der Waals surface area contributed by atoms with E-state index in [0.717, 1.165) is 30.0 Å². The molecule has 1 unspecified atom stereocenters. The molecule has 0 aliphatic carbocycles. The van der Waals surface area contributed by atoms with Crippen molar-refractivity contribution in [3.8, 4) is 0 Å². The third-order valence-electron chi connectivity index (χ3n) is 2.99. The zero-order valence-corrected chi connectivity index (χ0v) is 12.4. The van der Waals surface area contributed by atoms with Gasteiger partial charge < -0.3 is 20.6 Å². The van der Waals surface area contributed by atoms with E-state index in [-0.39, 0.29) is 12.6 Å². The minimum atomic E-state index is -0.00120. The highest BCUT2D eigenvalue weighted by Crippen LogP contribution is 2.21. The normalized spacial score (nSPS) is 12.2. The van der Waals surface area contributed by atoms with E-state index in [0.29, 0.717) is 18.8 Å². The molecule has 114 valence electrons. The largest absolute Gasteiger partial charge is 0.396 e. The smallest absolute Gasteiger partial charge is 0.148 e. The van der Waals surface area contributed by atoms with Gasteiger partial charge in [0.25, 0.3) is 0 Å². The quantitative estimate of drug-likeness (QED) is 0.393. The molecule has 0 amide bonds. The van der Waals surface area contributed by atoms with Gasteiger partial charge in [-0.25, -0.2) is 15.8 Å². The summed E-state index contributed by atoms with van der Waals surface area (Å²) in [6, 6.07) is -0.00120. The Morgan fingerprint density at radius 2 is 2.05 bits per heavy atom. The number of nitrogens with two attached hydrogens (primary N) is 1. The molecule has 0 aromatic carbocycles. The van der Waals surface area contributed by atoms with Crippen molar-refractivity contribution < 1.29 is 9.84 Å². The SMILES string of the molecule is CCCc1nc(NN)c(C)c(NC(CCO)COC)n1. The van der Waals surface area contributed by atoms with Gasteiger partial charge in [0.05, 0.1) is 12.6 Å². The number of ether oxygens (including phenoxy) is 1. The van der Waals surface area contributed by atoms with Gasteiger partial charge in [-0.05, 0) is 19.8 Å². The Labute approximate surface area is 119 Å². The van der Waals surface area contributed by atoms with Gasteiger partial charge >= 0.3 is 0 Å². The highest BCUT2D eigenvalue weighted by molar-refractivity contribution is 5.57. The number of hydrazine groups is 1. The van der Waals surface area contributed by atoms with Gasteiger partial charge in [-0.1, -0.05) is 6.92 Å². The molecule has 0 saturated heterocycles. The fraction of sp³-hybridized carbons (Fsp3) is 0.692. The molecule has 1 rings (SSSR count). The first kappa shape index (κ1) is 16.6. The van der Waals surface area contributed by atoms with E-state index >= 15 is 0 Å². The first-order chi connectivity index (χ1) is 9.65. The summed E-state index contributed by atoms with van der Waals surface area (Å²) in [6.07, 6.45) is 2.34. The Bertz CT molecular complexity index is 408. The van der Waals surface area contributed by atoms with Crippen LogP contribution in [0.1, 0.15) is 31.2 Å². The Kier molecular flexibility index (Phi) is 7.21. The Balaban J connectivity index is 2.98. The van der Waals surface area contributed by atoms with Crippen LogP contribution in [0, 0.1) is 6.92 Å². The molecule has 0 saturated carbocycles. The molecule has 1 aromatic rings. The number of aliphatic hydroxyl groups excluding tert-OH is 1. The maximum atomic E-state index is 9.09. The van der Waals surface area contributed by atoms with Gasteiger partial charge in [-0.3, -0.25) is 0 Å². The minimum Gasteiger partial charge on any atom is -0.396 e. The van der Waals surface area contributed by atoms with Crippen molar-refractivity contribution in [1.82, 2.24) is 9.97 Å². The lowest BCUT2D eigenvalue weighted by molar-refractivity contribution is 0.170. The molecule has 7 heteroatoms. The van der Waals surface area contributed by atoms with Crippen LogP contribution in [0.3, 0.4) is 0 Å². The number of hydrogen-bond acceptors (Lipinski definition) is 7. The van der Waals surface area contributed by atoms with E-state index in [1.807, 2.05) is 6.92 Å². The predicted molar refractivity (Wildman–Crippen MR) is 79.6 cm³/mol. The van der Waals surface area contributed by atoms with Crippen LogP contribution in [0.15, 0.2) is 0 Å². The summed E-state index contributed by atoms with van der Waals surface area (Å²) < 4.78 is 5.15. The minimum absolute atomic E-state index is 0.00120. The average molecular weight is 283 g/mol. The highest BCUT2D eigenvalue weighted by Gasteiger charge is 2.14. The van der Waals surface area contributed by atoms with Gasteiger partial charge in [-0.2, -0.15) is 0 Å². The van der Waals surface area contributed by atoms with Crippen LogP contribution in [-0.4, -0.2) is 41.4 Å².